The van der Waals surface area contributed by atoms with Crippen LogP contribution in [0, 0.1) is 6.92 Å². The first-order valence-corrected chi connectivity index (χ1v) is 9.77. The Morgan fingerprint density at radius 3 is 2.54 bits per heavy atom. The minimum atomic E-state index is -0.172. The largest absolute Gasteiger partial charge is 0.337 e. The minimum absolute atomic E-state index is 0. The smallest absolute Gasteiger partial charge is 0.254 e. The third kappa shape index (κ3) is 4.29. The molecule has 2 aliphatic rings. The van der Waals surface area contributed by atoms with E-state index in [0.717, 1.165) is 60.6 Å². The summed E-state index contributed by atoms with van der Waals surface area (Å²) in [6, 6.07) is 2.04. The molecule has 0 spiro atoms. The second kappa shape index (κ2) is 8.56. The highest BCUT2D eigenvalue weighted by Crippen LogP contribution is 2.41. The van der Waals surface area contributed by atoms with Gasteiger partial charge in [0.15, 0.2) is 5.65 Å². The molecule has 0 atom stereocenters. The van der Waals surface area contributed by atoms with Crippen LogP contribution in [0.1, 0.15) is 67.7 Å². The summed E-state index contributed by atoms with van der Waals surface area (Å²) in [5.41, 5.74) is 3.41. The molecule has 1 aliphatic heterocycles. The predicted molar refractivity (Wildman–Crippen MR) is 117 cm³/mol. The molecule has 2 aromatic heterocycles. The summed E-state index contributed by atoms with van der Waals surface area (Å²) in [6.45, 7) is 11.8. The number of halogens is 2. The number of hydrogen-bond donors (Lipinski definition) is 1. The molecule has 1 aliphatic carbocycles. The lowest BCUT2D eigenvalue weighted by atomic mass is 10.1. The second-order valence-corrected chi connectivity index (χ2v) is 8.63. The Balaban J connectivity index is 0.00000140. The lowest BCUT2D eigenvalue weighted by molar-refractivity contribution is 0.0768. The Morgan fingerprint density at radius 1 is 1.18 bits per heavy atom. The Morgan fingerprint density at radius 2 is 1.89 bits per heavy atom. The minimum Gasteiger partial charge on any atom is -0.337 e. The van der Waals surface area contributed by atoms with Gasteiger partial charge >= 0.3 is 0 Å². The summed E-state index contributed by atoms with van der Waals surface area (Å²) < 4.78 is 1.99. The standard InChI is InChI=1S/C20H29N5O.2ClH/c1-13-17-15(19(26)24-10-5-8-21-9-11-24)12-16(14-6-7-14)22-18(17)25(23-13)20(2,3)4;;/h12,14,21H,5-11H2,1-4H3;2*1H. The number of aromatic nitrogens is 3. The highest BCUT2D eigenvalue weighted by atomic mass is 35.5. The lowest BCUT2D eigenvalue weighted by Gasteiger charge is -2.22. The van der Waals surface area contributed by atoms with Gasteiger partial charge in [0.2, 0.25) is 0 Å². The zero-order valence-corrected chi connectivity index (χ0v) is 18.8. The number of hydrogen-bond acceptors (Lipinski definition) is 4. The molecule has 6 nitrogen and oxygen atoms in total. The van der Waals surface area contributed by atoms with Crippen LogP contribution < -0.4 is 5.32 Å². The Bertz CT molecular complexity index is 846. The maximum Gasteiger partial charge on any atom is 0.254 e. The molecule has 3 heterocycles. The third-order valence-corrected chi connectivity index (χ3v) is 5.32. The van der Waals surface area contributed by atoms with E-state index in [1.807, 2.05) is 22.6 Å². The van der Waals surface area contributed by atoms with Gasteiger partial charge in [-0.15, -0.1) is 24.8 Å². The van der Waals surface area contributed by atoms with Crippen molar-refractivity contribution >= 4 is 41.8 Å². The molecule has 2 aromatic rings. The van der Waals surface area contributed by atoms with Crippen molar-refractivity contribution in [3.63, 3.8) is 0 Å². The van der Waals surface area contributed by atoms with Crippen molar-refractivity contribution in [3.8, 4) is 0 Å². The fourth-order valence-electron chi connectivity index (χ4n) is 3.75. The molecule has 0 aromatic carbocycles. The van der Waals surface area contributed by atoms with Gasteiger partial charge < -0.3 is 10.2 Å². The maximum atomic E-state index is 13.4. The van der Waals surface area contributed by atoms with Crippen LogP contribution in [0.3, 0.4) is 0 Å². The zero-order valence-electron chi connectivity index (χ0n) is 17.1. The summed E-state index contributed by atoms with van der Waals surface area (Å²) in [7, 11) is 0. The van der Waals surface area contributed by atoms with Crippen LogP contribution in [-0.4, -0.2) is 51.8 Å². The number of carbonyl (C=O) groups is 1. The van der Waals surface area contributed by atoms with Gasteiger partial charge in [0.1, 0.15) is 0 Å². The summed E-state index contributed by atoms with van der Waals surface area (Å²) in [5, 5.41) is 9.06. The van der Waals surface area contributed by atoms with Gasteiger partial charge in [-0.05, 0) is 59.6 Å². The van der Waals surface area contributed by atoms with Crippen LogP contribution in [-0.2, 0) is 5.54 Å². The van der Waals surface area contributed by atoms with Crippen LogP contribution >= 0.6 is 24.8 Å². The van der Waals surface area contributed by atoms with Crippen LogP contribution in [0.15, 0.2) is 6.07 Å². The number of rotatable bonds is 2. The Labute approximate surface area is 179 Å². The molecule has 4 rings (SSSR count). The normalized spacial score (nSPS) is 17.6. The highest BCUT2D eigenvalue weighted by Gasteiger charge is 2.31. The van der Waals surface area contributed by atoms with Crippen LogP contribution in [0.25, 0.3) is 11.0 Å². The first-order chi connectivity index (χ1) is 12.4. The van der Waals surface area contributed by atoms with Crippen LogP contribution in [0.5, 0.6) is 0 Å². The molecule has 0 bridgehead atoms. The fraction of sp³-hybridized carbons (Fsp3) is 0.650. The number of nitrogens with zero attached hydrogens (tertiary/aromatic N) is 4. The average Bonchev–Trinajstić information content (AvgIpc) is 3.40. The van der Waals surface area contributed by atoms with E-state index < -0.39 is 0 Å². The van der Waals surface area contributed by atoms with Gasteiger partial charge in [-0.2, -0.15) is 5.10 Å². The van der Waals surface area contributed by atoms with Crippen molar-refractivity contribution in [1.82, 2.24) is 25.0 Å². The summed E-state index contributed by atoms with van der Waals surface area (Å²) in [6.07, 6.45) is 3.33. The van der Waals surface area contributed by atoms with Crippen molar-refractivity contribution in [3.05, 3.63) is 23.0 Å². The summed E-state index contributed by atoms with van der Waals surface area (Å²) in [4.78, 5) is 20.3. The zero-order chi connectivity index (χ0) is 18.5. The van der Waals surface area contributed by atoms with Crippen LogP contribution in [0.2, 0.25) is 0 Å². The number of pyridine rings is 1. The maximum absolute atomic E-state index is 13.4. The molecule has 156 valence electrons. The van der Waals surface area contributed by atoms with E-state index in [1.54, 1.807) is 0 Å². The summed E-state index contributed by atoms with van der Waals surface area (Å²) in [5.74, 6) is 0.625. The van der Waals surface area contributed by atoms with Gasteiger partial charge in [0, 0.05) is 31.2 Å². The average molecular weight is 428 g/mol. The van der Waals surface area contributed by atoms with Crippen molar-refractivity contribution in [2.24, 2.45) is 0 Å². The fourth-order valence-corrected chi connectivity index (χ4v) is 3.75. The first kappa shape index (κ1) is 22.9. The van der Waals surface area contributed by atoms with Gasteiger partial charge in [-0.25, -0.2) is 9.67 Å². The van der Waals surface area contributed by atoms with E-state index in [1.165, 1.54) is 12.8 Å². The monoisotopic (exact) mass is 427 g/mol. The topological polar surface area (TPSA) is 63.1 Å². The molecule has 0 unspecified atom stereocenters. The molecule has 1 saturated carbocycles. The summed E-state index contributed by atoms with van der Waals surface area (Å²) >= 11 is 0. The quantitative estimate of drug-likeness (QED) is 0.793. The SMILES string of the molecule is Cc1nn(C(C)(C)C)c2nc(C3CC3)cc(C(=O)N3CCCNCC3)c12.Cl.Cl. The second-order valence-electron chi connectivity index (χ2n) is 8.63. The lowest BCUT2D eigenvalue weighted by Crippen LogP contribution is -2.34. The van der Waals surface area contributed by atoms with Crippen molar-refractivity contribution in [2.75, 3.05) is 26.2 Å². The van der Waals surface area contributed by atoms with E-state index in [2.05, 4.69) is 26.1 Å². The van der Waals surface area contributed by atoms with Crippen molar-refractivity contribution in [2.45, 2.75) is 58.4 Å². The molecule has 2 fully saturated rings. The van der Waals surface area contributed by atoms with Gasteiger partial charge in [0.05, 0.1) is 22.2 Å². The molecule has 1 N–H and O–H groups in total. The number of aryl methyl sites for hydroxylation is 1. The number of nitrogens with one attached hydrogen (secondary N) is 1. The van der Waals surface area contributed by atoms with E-state index in [9.17, 15) is 4.79 Å². The van der Waals surface area contributed by atoms with Gasteiger partial charge in [-0.1, -0.05) is 0 Å². The number of fused-ring (bicyclic) bond motifs is 1. The van der Waals surface area contributed by atoms with E-state index in [4.69, 9.17) is 10.1 Å². The van der Waals surface area contributed by atoms with Gasteiger partial charge in [0.25, 0.3) is 5.91 Å². The molecule has 1 amide bonds. The Kier molecular flexibility index (Phi) is 7.00. The van der Waals surface area contributed by atoms with E-state index >= 15 is 0 Å². The Hall–Kier alpha value is -1.37. The first-order valence-electron chi connectivity index (χ1n) is 9.77. The molecule has 28 heavy (non-hydrogen) atoms. The molecular weight excluding hydrogens is 397 g/mol. The van der Waals surface area contributed by atoms with Crippen LogP contribution in [0.4, 0.5) is 0 Å². The van der Waals surface area contributed by atoms with Gasteiger partial charge in [-0.3, -0.25) is 4.79 Å². The molecular formula is C20H31Cl2N5O. The van der Waals surface area contributed by atoms with Crippen molar-refractivity contribution in [1.29, 1.82) is 0 Å². The number of carbonyl (C=O) groups excluding carboxylic acids is 1. The third-order valence-electron chi connectivity index (χ3n) is 5.32. The van der Waals surface area contributed by atoms with Crippen molar-refractivity contribution < 1.29 is 4.79 Å². The van der Waals surface area contributed by atoms with E-state index in [-0.39, 0.29) is 36.3 Å². The molecule has 8 heteroatoms. The predicted octanol–water partition coefficient (Wildman–Crippen LogP) is 3.65. The van der Waals surface area contributed by atoms with E-state index in [0.29, 0.717) is 5.92 Å². The molecule has 0 radical (unpaired) electrons. The number of amides is 1. The molecule has 1 saturated heterocycles. The highest BCUT2D eigenvalue weighted by molar-refractivity contribution is 6.06.